The van der Waals surface area contributed by atoms with E-state index in [9.17, 15) is 13.2 Å². The van der Waals surface area contributed by atoms with Crippen LogP contribution in [0.1, 0.15) is 30.5 Å². The summed E-state index contributed by atoms with van der Waals surface area (Å²) in [6, 6.07) is 11.2. The maximum Gasteiger partial charge on any atom is 0.328 e. The molecule has 156 valence electrons. The van der Waals surface area contributed by atoms with Crippen molar-refractivity contribution in [1.82, 2.24) is 9.78 Å². The summed E-state index contributed by atoms with van der Waals surface area (Å²) in [5, 5.41) is 4.03. The Bertz CT molecular complexity index is 983. The maximum atomic E-state index is 12.9. The van der Waals surface area contributed by atoms with E-state index in [1.54, 1.807) is 0 Å². The number of sulfone groups is 1. The van der Waals surface area contributed by atoms with E-state index in [2.05, 4.69) is 5.10 Å². The molecule has 0 N–H and O–H groups in total. The highest BCUT2D eigenvalue weighted by molar-refractivity contribution is 7.92. The number of aryl methyl sites for hydroxylation is 1. The molecule has 7 nitrogen and oxygen atoms in total. The van der Waals surface area contributed by atoms with Gasteiger partial charge >= 0.3 is 5.97 Å². The van der Waals surface area contributed by atoms with Crippen molar-refractivity contribution in [3.8, 4) is 0 Å². The van der Waals surface area contributed by atoms with Crippen LogP contribution in [-0.2, 0) is 25.9 Å². The molecular weight excluding hydrogens is 390 g/mol. The molecule has 0 radical (unpaired) electrons. The third-order valence-electron chi connectivity index (χ3n) is 5.76. The molecule has 0 bridgehead atoms. The Balaban J connectivity index is 1.64. The molecule has 2 atom stereocenters. The number of rotatable bonds is 7. The number of esters is 1. The maximum absolute atomic E-state index is 12.9. The molecule has 2 fully saturated rings. The van der Waals surface area contributed by atoms with Crippen LogP contribution in [0.15, 0.2) is 36.4 Å². The first-order chi connectivity index (χ1) is 13.9. The van der Waals surface area contributed by atoms with E-state index < -0.39 is 27.1 Å². The third-order valence-corrected chi connectivity index (χ3v) is 8.05. The summed E-state index contributed by atoms with van der Waals surface area (Å²) < 4.78 is 32.6. The Labute approximate surface area is 171 Å². The predicted molar refractivity (Wildman–Crippen MR) is 111 cm³/mol. The molecule has 4 rings (SSSR count). The standard InChI is InChI=1S/C21H27N3O4S/c1-15-10-20(24(22-15)12-16-6-4-3-5-7-16)23-13-18(11-19(23)21(25)28-2)29(26,27)14-17-8-9-17/h3-7,10,17-19H,8-9,11-14H2,1-2H3/t18-,19+/m1/s1. The first-order valence-corrected chi connectivity index (χ1v) is 11.7. The van der Waals surface area contributed by atoms with Crippen molar-refractivity contribution in [3.05, 3.63) is 47.7 Å². The van der Waals surface area contributed by atoms with Crippen LogP contribution in [0.2, 0.25) is 0 Å². The molecule has 0 amide bonds. The zero-order valence-corrected chi connectivity index (χ0v) is 17.6. The minimum absolute atomic E-state index is 0.224. The summed E-state index contributed by atoms with van der Waals surface area (Å²) in [6.07, 6.45) is 2.23. The van der Waals surface area contributed by atoms with Gasteiger partial charge in [-0.1, -0.05) is 30.3 Å². The molecule has 2 aromatic rings. The zero-order chi connectivity index (χ0) is 20.6. The molecule has 2 heterocycles. The van der Waals surface area contributed by atoms with Crippen LogP contribution in [-0.4, -0.2) is 54.9 Å². The summed E-state index contributed by atoms with van der Waals surface area (Å²) in [5.74, 6) is 0.864. The molecule has 1 aromatic carbocycles. The van der Waals surface area contributed by atoms with Gasteiger partial charge in [0.1, 0.15) is 11.9 Å². The van der Waals surface area contributed by atoms with Crippen molar-refractivity contribution in [2.45, 2.75) is 44.0 Å². The van der Waals surface area contributed by atoms with Crippen molar-refractivity contribution >= 4 is 21.6 Å². The smallest absolute Gasteiger partial charge is 0.328 e. The van der Waals surface area contributed by atoms with Crippen molar-refractivity contribution in [2.24, 2.45) is 5.92 Å². The van der Waals surface area contributed by atoms with Crippen LogP contribution >= 0.6 is 0 Å². The lowest BCUT2D eigenvalue weighted by Crippen LogP contribution is -2.38. The predicted octanol–water partition coefficient (Wildman–Crippen LogP) is 2.18. The average Bonchev–Trinajstić information content (AvgIpc) is 3.25. The van der Waals surface area contributed by atoms with E-state index >= 15 is 0 Å². The van der Waals surface area contributed by atoms with Gasteiger partial charge in [-0.15, -0.1) is 0 Å². The summed E-state index contributed by atoms with van der Waals surface area (Å²) >= 11 is 0. The Morgan fingerprint density at radius 1 is 1.24 bits per heavy atom. The number of aromatic nitrogens is 2. The monoisotopic (exact) mass is 417 g/mol. The second-order valence-electron chi connectivity index (χ2n) is 8.11. The molecule has 1 saturated heterocycles. The van der Waals surface area contributed by atoms with E-state index in [4.69, 9.17) is 4.74 Å². The SMILES string of the molecule is COC(=O)[C@@H]1C[C@@H](S(=O)(=O)CC2CC2)CN1c1cc(C)nn1Cc1ccccc1. The average molecular weight is 418 g/mol. The van der Waals surface area contributed by atoms with E-state index in [0.717, 1.165) is 29.9 Å². The lowest BCUT2D eigenvalue weighted by atomic mass is 10.2. The fourth-order valence-corrected chi connectivity index (χ4v) is 6.18. The number of benzene rings is 1. The van der Waals surface area contributed by atoms with Gasteiger partial charge < -0.3 is 9.64 Å². The summed E-state index contributed by atoms with van der Waals surface area (Å²) in [5.41, 5.74) is 1.91. The Hall–Kier alpha value is -2.35. The van der Waals surface area contributed by atoms with Crippen LogP contribution in [0.25, 0.3) is 0 Å². The minimum atomic E-state index is -3.26. The Morgan fingerprint density at radius 3 is 2.62 bits per heavy atom. The fourth-order valence-electron chi connectivity index (χ4n) is 4.06. The van der Waals surface area contributed by atoms with Gasteiger partial charge in [0.25, 0.3) is 0 Å². The van der Waals surface area contributed by atoms with Crippen molar-refractivity contribution in [1.29, 1.82) is 0 Å². The van der Waals surface area contributed by atoms with Crippen molar-refractivity contribution < 1.29 is 17.9 Å². The number of carbonyl (C=O) groups excluding carboxylic acids is 1. The van der Waals surface area contributed by atoms with E-state index in [0.29, 0.717) is 6.54 Å². The molecule has 0 unspecified atom stereocenters. The zero-order valence-electron chi connectivity index (χ0n) is 16.8. The van der Waals surface area contributed by atoms with Gasteiger partial charge in [0, 0.05) is 12.6 Å². The van der Waals surface area contributed by atoms with Crippen LogP contribution in [0, 0.1) is 12.8 Å². The van der Waals surface area contributed by atoms with Gasteiger partial charge in [-0.25, -0.2) is 17.9 Å². The quantitative estimate of drug-likeness (QED) is 0.643. The molecule has 1 saturated carbocycles. The van der Waals surface area contributed by atoms with Gasteiger partial charge in [-0.05, 0) is 37.7 Å². The number of hydrogen-bond acceptors (Lipinski definition) is 6. The largest absolute Gasteiger partial charge is 0.467 e. The number of anilines is 1. The molecule has 0 spiro atoms. The first kappa shape index (κ1) is 19.9. The van der Waals surface area contributed by atoms with Crippen LogP contribution < -0.4 is 4.90 Å². The molecule has 1 aromatic heterocycles. The summed E-state index contributed by atoms with van der Waals surface area (Å²) in [4.78, 5) is 14.4. The lowest BCUT2D eigenvalue weighted by Gasteiger charge is -2.25. The van der Waals surface area contributed by atoms with E-state index in [1.807, 2.05) is 52.9 Å². The molecule has 1 aliphatic carbocycles. The van der Waals surface area contributed by atoms with E-state index in [-0.39, 0.29) is 24.6 Å². The lowest BCUT2D eigenvalue weighted by molar-refractivity contribution is -0.141. The number of methoxy groups -OCH3 is 1. The van der Waals surface area contributed by atoms with Crippen molar-refractivity contribution in [3.63, 3.8) is 0 Å². The minimum Gasteiger partial charge on any atom is -0.467 e. The van der Waals surface area contributed by atoms with Gasteiger partial charge in [0.15, 0.2) is 9.84 Å². The van der Waals surface area contributed by atoms with Crippen LogP contribution in [0.3, 0.4) is 0 Å². The molecule has 1 aliphatic heterocycles. The normalized spacial score (nSPS) is 22.1. The van der Waals surface area contributed by atoms with Gasteiger partial charge in [0.05, 0.1) is 30.4 Å². The van der Waals surface area contributed by atoms with Gasteiger partial charge in [0.2, 0.25) is 0 Å². The van der Waals surface area contributed by atoms with Crippen LogP contribution in [0.5, 0.6) is 0 Å². The first-order valence-electron chi connectivity index (χ1n) is 10.0. The number of hydrogen-bond donors (Lipinski definition) is 0. The Kier molecular flexibility index (Phi) is 5.38. The highest BCUT2D eigenvalue weighted by Gasteiger charge is 2.45. The summed E-state index contributed by atoms with van der Waals surface area (Å²) in [7, 11) is -1.91. The second-order valence-corrected chi connectivity index (χ2v) is 10.4. The Morgan fingerprint density at radius 2 is 1.97 bits per heavy atom. The van der Waals surface area contributed by atoms with Gasteiger partial charge in [-0.2, -0.15) is 5.10 Å². The van der Waals surface area contributed by atoms with Crippen molar-refractivity contribution in [2.75, 3.05) is 24.3 Å². The molecule has 2 aliphatic rings. The third kappa shape index (κ3) is 4.32. The number of nitrogens with zero attached hydrogens (tertiary/aromatic N) is 3. The number of carbonyl (C=O) groups is 1. The summed E-state index contributed by atoms with van der Waals surface area (Å²) in [6.45, 7) is 2.73. The molecule has 29 heavy (non-hydrogen) atoms. The van der Waals surface area contributed by atoms with Gasteiger partial charge in [-0.3, -0.25) is 0 Å². The van der Waals surface area contributed by atoms with E-state index in [1.165, 1.54) is 7.11 Å². The van der Waals surface area contributed by atoms with Crippen LogP contribution in [0.4, 0.5) is 5.82 Å². The number of ether oxygens (including phenoxy) is 1. The topological polar surface area (TPSA) is 81.5 Å². The molecular formula is C21H27N3O4S. The molecule has 8 heteroatoms. The fraction of sp³-hybridized carbons (Fsp3) is 0.524. The second kappa shape index (κ2) is 7.82. The highest BCUT2D eigenvalue weighted by atomic mass is 32.2. The highest BCUT2D eigenvalue weighted by Crippen LogP contribution is 2.35.